The van der Waals surface area contributed by atoms with E-state index in [0.717, 1.165) is 12.3 Å². The summed E-state index contributed by atoms with van der Waals surface area (Å²) in [5.41, 5.74) is 2.94. The Morgan fingerprint density at radius 2 is 1.85 bits per heavy atom. The molecular formula is C18H27NO. The van der Waals surface area contributed by atoms with E-state index in [1.165, 1.54) is 43.2 Å². The predicted molar refractivity (Wildman–Crippen MR) is 83.3 cm³/mol. The lowest BCUT2D eigenvalue weighted by molar-refractivity contribution is -0.0761. The van der Waals surface area contributed by atoms with E-state index in [4.69, 9.17) is 4.74 Å². The van der Waals surface area contributed by atoms with Crippen LogP contribution in [0.2, 0.25) is 0 Å². The molecule has 0 heterocycles. The van der Waals surface area contributed by atoms with Gasteiger partial charge in [0.1, 0.15) is 11.9 Å². The summed E-state index contributed by atoms with van der Waals surface area (Å²) in [5, 5.41) is 3.68. The molecule has 2 aliphatic carbocycles. The van der Waals surface area contributed by atoms with Crippen molar-refractivity contribution in [1.29, 1.82) is 0 Å². The predicted octanol–water partition coefficient (Wildman–Crippen LogP) is 3.99. The molecule has 1 aromatic rings. The second-order valence-electron chi connectivity index (χ2n) is 6.61. The zero-order valence-corrected chi connectivity index (χ0v) is 13.0. The molecule has 1 N–H and O–H groups in total. The first-order chi connectivity index (χ1) is 9.67. The van der Waals surface area contributed by atoms with Crippen LogP contribution < -0.4 is 10.1 Å². The van der Waals surface area contributed by atoms with Gasteiger partial charge in [0, 0.05) is 17.9 Å². The number of rotatable bonds is 4. The summed E-state index contributed by atoms with van der Waals surface area (Å²) in [4.78, 5) is 0. The average molecular weight is 273 g/mol. The first-order valence-corrected chi connectivity index (χ1v) is 8.13. The minimum Gasteiger partial charge on any atom is -0.489 e. The molecule has 2 atom stereocenters. The highest BCUT2D eigenvalue weighted by Gasteiger charge is 2.57. The molecule has 2 nitrogen and oxygen atoms in total. The highest BCUT2D eigenvalue weighted by Crippen LogP contribution is 2.55. The molecule has 2 heteroatoms. The first-order valence-electron chi connectivity index (χ1n) is 8.13. The van der Waals surface area contributed by atoms with Crippen LogP contribution in [-0.4, -0.2) is 18.7 Å². The summed E-state index contributed by atoms with van der Waals surface area (Å²) in [7, 11) is 0. The molecule has 2 fully saturated rings. The maximum Gasteiger partial charge on any atom is 0.125 e. The second kappa shape index (κ2) is 5.40. The molecule has 0 aromatic heterocycles. The summed E-state index contributed by atoms with van der Waals surface area (Å²) in [5.74, 6) is 1.12. The fourth-order valence-electron chi connectivity index (χ4n) is 4.28. The summed E-state index contributed by atoms with van der Waals surface area (Å²) in [6, 6.07) is 7.10. The van der Waals surface area contributed by atoms with Crippen LogP contribution in [0.3, 0.4) is 0 Å². The lowest BCUT2D eigenvalue weighted by Gasteiger charge is -2.54. The fraction of sp³-hybridized carbons (Fsp3) is 0.667. The highest BCUT2D eigenvalue weighted by molar-refractivity contribution is 5.40. The van der Waals surface area contributed by atoms with Gasteiger partial charge >= 0.3 is 0 Å². The van der Waals surface area contributed by atoms with E-state index >= 15 is 0 Å². The van der Waals surface area contributed by atoms with Crippen molar-refractivity contribution in [3.8, 4) is 5.75 Å². The van der Waals surface area contributed by atoms with E-state index in [9.17, 15) is 0 Å². The molecule has 0 bridgehead atoms. The number of hydrogen-bond acceptors (Lipinski definition) is 2. The summed E-state index contributed by atoms with van der Waals surface area (Å²) >= 11 is 0. The lowest BCUT2D eigenvalue weighted by atomic mass is 9.60. The Kier molecular flexibility index (Phi) is 3.76. The van der Waals surface area contributed by atoms with Crippen LogP contribution in [0.5, 0.6) is 5.75 Å². The summed E-state index contributed by atoms with van der Waals surface area (Å²) in [6.07, 6.45) is 6.99. The quantitative estimate of drug-likeness (QED) is 0.895. The van der Waals surface area contributed by atoms with E-state index in [0.29, 0.717) is 17.6 Å². The highest BCUT2D eigenvalue weighted by atomic mass is 16.5. The van der Waals surface area contributed by atoms with Crippen molar-refractivity contribution in [2.24, 2.45) is 5.41 Å². The molecule has 0 aliphatic heterocycles. The van der Waals surface area contributed by atoms with Crippen molar-refractivity contribution >= 4 is 0 Å². The molecule has 110 valence electrons. The maximum atomic E-state index is 6.49. The fourth-order valence-corrected chi connectivity index (χ4v) is 4.28. The second-order valence-corrected chi connectivity index (χ2v) is 6.61. The van der Waals surface area contributed by atoms with Gasteiger partial charge in [-0.1, -0.05) is 38.0 Å². The van der Waals surface area contributed by atoms with E-state index in [2.05, 4.69) is 44.3 Å². The SMILES string of the molecule is CCNC1CC(Oc2c(C)cccc2C)C12CCCC2. The number of aryl methyl sites for hydroxylation is 2. The molecule has 3 rings (SSSR count). The minimum atomic E-state index is 0.407. The van der Waals surface area contributed by atoms with Gasteiger partial charge < -0.3 is 10.1 Å². The van der Waals surface area contributed by atoms with Gasteiger partial charge in [-0.2, -0.15) is 0 Å². The largest absolute Gasteiger partial charge is 0.489 e. The number of hydrogen-bond donors (Lipinski definition) is 1. The molecule has 2 saturated carbocycles. The van der Waals surface area contributed by atoms with Crippen molar-refractivity contribution in [3.63, 3.8) is 0 Å². The Hall–Kier alpha value is -1.02. The Morgan fingerprint density at radius 1 is 1.20 bits per heavy atom. The lowest BCUT2D eigenvalue weighted by Crippen LogP contribution is -2.63. The Bertz CT molecular complexity index is 456. The zero-order valence-electron chi connectivity index (χ0n) is 13.0. The van der Waals surface area contributed by atoms with Crippen LogP contribution in [0.1, 0.15) is 50.2 Å². The summed E-state index contributed by atoms with van der Waals surface area (Å²) < 4.78 is 6.49. The van der Waals surface area contributed by atoms with Gasteiger partial charge in [-0.3, -0.25) is 0 Å². The van der Waals surface area contributed by atoms with Gasteiger partial charge in [0.15, 0.2) is 0 Å². The number of nitrogens with one attached hydrogen (secondary N) is 1. The van der Waals surface area contributed by atoms with Gasteiger partial charge in [0.05, 0.1) is 0 Å². The number of benzene rings is 1. The van der Waals surface area contributed by atoms with Crippen molar-refractivity contribution in [3.05, 3.63) is 29.3 Å². The van der Waals surface area contributed by atoms with Crippen LogP contribution in [0, 0.1) is 19.3 Å². The monoisotopic (exact) mass is 273 g/mol. The molecule has 1 aromatic carbocycles. The van der Waals surface area contributed by atoms with Crippen LogP contribution in [0.25, 0.3) is 0 Å². The van der Waals surface area contributed by atoms with Crippen molar-refractivity contribution in [1.82, 2.24) is 5.32 Å². The van der Waals surface area contributed by atoms with Crippen LogP contribution in [0.4, 0.5) is 0 Å². The van der Waals surface area contributed by atoms with Crippen molar-refractivity contribution < 1.29 is 4.74 Å². The van der Waals surface area contributed by atoms with Crippen LogP contribution in [-0.2, 0) is 0 Å². The topological polar surface area (TPSA) is 21.3 Å². The smallest absolute Gasteiger partial charge is 0.125 e. The molecule has 2 unspecified atom stereocenters. The standard InChI is InChI=1S/C18H27NO/c1-4-19-15-12-16(18(15)10-5-6-11-18)20-17-13(2)8-7-9-14(17)3/h7-9,15-16,19H,4-6,10-12H2,1-3H3. The Balaban J connectivity index is 1.78. The molecule has 0 radical (unpaired) electrons. The molecular weight excluding hydrogens is 246 g/mol. The Labute approximate surface area is 122 Å². The van der Waals surface area contributed by atoms with Gasteiger partial charge in [-0.15, -0.1) is 0 Å². The van der Waals surface area contributed by atoms with E-state index in [1.807, 2.05) is 0 Å². The third-order valence-corrected chi connectivity index (χ3v) is 5.44. The summed E-state index contributed by atoms with van der Waals surface area (Å²) in [6.45, 7) is 7.60. The van der Waals surface area contributed by atoms with Gasteiger partial charge in [-0.25, -0.2) is 0 Å². The van der Waals surface area contributed by atoms with E-state index < -0.39 is 0 Å². The molecule has 1 spiro atoms. The number of para-hydroxylation sites is 1. The van der Waals surface area contributed by atoms with Crippen molar-refractivity contribution in [2.75, 3.05) is 6.54 Å². The van der Waals surface area contributed by atoms with Crippen molar-refractivity contribution in [2.45, 2.75) is 65.0 Å². The maximum absolute atomic E-state index is 6.49. The first kappa shape index (κ1) is 13.9. The van der Waals surface area contributed by atoms with E-state index in [-0.39, 0.29) is 0 Å². The molecule has 20 heavy (non-hydrogen) atoms. The molecule has 0 amide bonds. The average Bonchev–Trinajstić information content (AvgIpc) is 2.93. The van der Waals surface area contributed by atoms with E-state index in [1.54, 1.807) is 0 Å². The molecule has 0 saturated heterocycles. The molecule has 2 aliphatic rings. The minimum absolute atomic E-state index is 0.407. The Morgan fingerprint density at radius 3 is 2.45 bits per heavy atom. The van der Waals surface area contributed by atoms with Crippen LogP contribution in [0.15, 0.2) is 18.2 Å². The van der Waals surface area contributed by atoms with Gasteiger partial charge in [0.25, 0.3) is 0 Å². The third kappa shape index (κ3) is 2.14. The number of ether oxygens (including phenoxy) is 1. The normalized spacial score (nSPS) is 27.6. The van der Waals surface area contributed by atoms with Crippen LogP contribution >= 0.6 is 0 Å². The zero-order chi connectivity index (χ0) is 14.2. The van der Waals surface area contributed by atoms with Gasteiger partial charge in [-0.05, 0) is 44.4 Å². The third-order valence-electron chi connectivity index (χ3n) is 5.44. The van der Waals surface area contributed by atoms with Gasteiger partial charge in [0.2, 0.25) is 0 Å².